The third-order valence-corrected chi connectivity index (χ3v) is 5.58. The number of anilines is 1. The van der Waals surface area contributed by atoms with Crippen molar-refractivity contribution in [1.29, 1.82) is 0 Å². The summed E-state index contributed by atoms with van der Waals surface area (Å²) in [5.74, 6) is -0.0686. The molecule has 1 unspecified atom stereocenters. The van der Waals surface area contributed by atoms with E-state index in [1.54, 1.807) is 17.0 Å². The summed E-state index contributed by atoms with van der Waals surface area (Å²) < 4.78 is 40.1. The fraction of sp³-hybridized carbons (Fsp3) is 0.333. The summed E-state index contributed by atoms with van der Waals surface area (Å²) in [6, 6.07) is 4.20. The van der Waals surface area contributed by atoms with Crippen LogP contribution in [0.25, 0.3) is 10.9 Å². The Hall–Kier alpha value is -3.44. The van der Waals surface area contributed by atoms with Crippen LogP contribution in [0.5, 0.6) is 5.88 Å². The van der Waals surface area contributed by atoms with Gasteiger partial charge in [-0.1, -0.05) is 0 Å². The van der Waals surface area contributed by atoms with Crippen LogP contribution in [0.1, 0.15) is 33.2 Å². The molecule has 0 aromatic carbocycles. The summed E-state index contributed by atoms with van der Waals surface area (Å²) in [7, 11) is 0. The number of ether oxygens (including phenoxy) is 3. The van der Waals surface area contributed by atoms with Gasteiger partial charge in [-0.3, -0.25) is 4.79 Å². The van der Waals surface area contributed by atoms with Gasteiger partial charge in [0.15, 0.2) is 0 Å². The predicted molar refractivity (Wildman–Crippen MR) is 108 cm³/mol. The number of nitrogens with two attached hydrogens (primary N) is 1. The summed E-state index contributed by atoms with van der Waals surface area (Å²) in [5, 5.41) is 0.782. The number of rotatable bonds is 4. The molecule has 2 N–H and O–H groups in total. The van der Waals surface area contributed by atoms with Crippen LogP contribution in [0.3, 0.4) is 0 Å². The molecule has 11 heteroatoms. The highest BCUT2D eigenvalue weighted by atomic mass is 19.3. The van der Waals surface area contributed by atoms with E-state index in [0.29, 0.717) is 43.3 Å². The minimum absolute atomic E-state index is 0.197. The van der Waals surface area contributed by atoms with Crippen LogP contribution in [0.15, 0.2) is 30.6 Å². The second-order valence-electron chi connectivity index (χ2n) is 7.43. The summed E-state index contributed by atoms with van der Waals surface area (Å²) in [6.45, 7) is -1.21. The van der Waals surface area contributed by atoms with Gasteiger partial charge in [0.1, 0.15) is 11.5 Å². The van der Waals surface area contributed by atoms with Crippen LogP contribution in [-0.2, 0) is 22.7 Å². The Morgan fingerprint density at radius 1 is 1.19 bits per heavy atom. The molecule has 9 nitrogen and oxygen atoms in total. The molecule has 0 radical (unpaired) electrons. The number of carbonyl (C=O) groups excluding carboxylic acids is 1. The van der Waals surface area contributed by atoms with Gasteiger partial charge in [-0.25, -0.2) is 15.0 Å². The van der Waals surface area contributed by atoms with Crippen molar-refractivity contribution in [2.45, 2.75) is 25.9 Å². The Kier molecular flexibility index (Phi) is 5.27. The number of fused-ring (bicyclic) bond motifs is 3. The second-order valence-corrected chi connectivity index (χ2v) is 7.43. The number of nitrogens with zero attached hydrogens (tertiary/aromatic N) is 4. The average Bonchev–Trinajstić information content (AvgIpc) is 3.30. The minimum atomic E-state index is -2.96. The molecule has 32 heavy (non-hydrogen) atoms. The molecule has 3 aromatic heterocycles. The average molecular weight is 443 g/mol. The predicted octanol–water partition coefficient (Wildman–Crippen LogP) is 2.45. The number of hydrogen-bond acceptors (Lipinski definition) is 8. The molecular weight excluding hydrogens is 424 g/mol. The molecule has 0 saturated carbocycles. The summed E-state index contributed by atoms with van der Waals surface area (Å²) >= 11 is 0. The number of pyridine rings is 3. The van der Waals surface area contributed by atoms with Gasteiger partial charge in [0.2, 0.25) is 5.88 Å². The maximum atomic E-state index is 13.4. The lowest BCUT2D eigenvalue weighted by Gasteiger charge is -2.35. The molecule has 0 spiro atoms. The summed E-state index contributed by atoms with van der Waals surface area (Å²) in [5.41, 5.74) is 9.26. The van der Waals surface area contributed by atoms with Gasteiger partial charge < -0.3 is 24.8 Å². The van der Waals surface area contributed by atoms with E-state index in [0.717, 1.165) is 16.5 Å². The normalized spacial score (nSPS) is 18.2. The number of alkyl halides is 2. The van der Waals surface area contributed by atoms with E-state index >= 15 is 0 Å². The molecule has 2 aliphatic heterocycles. The summed E-state index contributed by atoms with van der Waals surface area (Å²) in [6.07, 6.45) is 2.94. The Bertz CT molecular complexity index is 1180. The first-order valence-electron chi connectivity index (χ1n) is 9.95. The van der Waals surface area contributed by atoms with Gasteiger partial charge in [0.25, 0.3) is 5.91 Å². The number of hydrogen-bond donors (Lipinski definition) is 1. The Morgan fingerprint density at radius 3 is 2.81 bits per heavy atom. The zero-order chi connectivity index (χ0) is 22.2. The maximum Gasteiger partial charge on any atom is 0.388 e. The first-order valence-corrected chi connectivity index (χ1v) is 9.95. The van der Waals surface area contributed by atoms with Crippen molar-refractivity contribution in [3.8, 4) is 5.88 Å². The molecule has 5 heterocycles. The van der Waals surface area contributed by atoms with Crippen molar-refractivity contribution in [1.82, 2.24) is 19.9 Å². The van der Waals surface area contributed by atoms with Crippen LogP contribution < -0.4 is 10.5 Å². The molecule has 1 fully saturated rings. The van der Waals surface area contributed by atoms with Crippen molar-refractivity contribution < 1.29 is 27.8 Å². The van der Waals surface area contributed by atoms with Crippen LogP contribution in [-0.4, -0.2) is 52.1 Å². The number of nitrogen functional groups attached to an aromatic ring is 1. The Balaban J connectivity index is 1.45. The molecule has 1 saturated heterocycles. The zero-order valence-electron chi connectivity index (χ0n) is 16.8. The van der Waals surface area contributed by atoms with Crippen molar-refractivity contribution in [2.24, 2.45) is 0 Å². The Morgan fingerprint density at radius 2 is 2.03 bits per heavy atom. The van der Waals surface area contributed by atoms with Gasteiger partial charge >= 0.3 is 6.61 Å². The smallest absolute Gasteiger partial charge is 0.388 e. The molecule has 1 amide bonds. The van der Waals surface area contributed by atoms with Crippen molar-refractivity contribution in [3.63, 3.8) is 0 Å². The molecular formula is C21H19F2N5O4. The van der Waals surface area contributed by atoms with Crippen LogP contribution in [0.2, 0.25) is 0 Å². The van der Waals surface area contributed by atoms with E-state index in [9.17, 15) is 13.6 Å². The van der Waals surface area contributed by atoms with Crippen molar-refractivity contribution >= 4 is 22.6 Å². The van der Waals surface area contributed by atoms with E-state index in [4.69, 9.17) is 15.2 Å². The standard InChI is InChI=1S/C21H19F2N5O4/c22-21(23)32-18-2-1-11(6-26-18)17-10-30-4-3-28(17)20(29)15-5-12-13-8-31-9-14(13)19(24)27-16(12)7-25-15/h1-2,5-7,17,21H,3-4,8-10H2,(H2,24,27). The third-order valence-electron chi connectivity index (χ3n) is 5.58. The number of halogens is 2. The monoisotopic (exact) mass is 443 g/mol. The van der Waals surface area contributed by atoms with Gasteiger partial charge in [-0.15, -0.1) is 0 Å². The number of carbonyl (C=O) groups is 1. The van der Waals surface area contributed by atoms with E-state index in [1.165, 1.54) is 18.5 Å². The molecule has 0 aliphatic carbocycles. The highest BCUT2D eigenvalue weighted by molar-refractivity contribution is 5.97. The van der Waals surface area contributed by atoms with Crippen LogP contribution in [0.4, 0.5) is 14.6 Å². The fourth-order valence-corrected chi connectivity index (χ4v) is 4.01. The SMILES string of the molecule is Nc1nc2cnc(C(=O)N3CCOCC3c3ccc(OC(F)F)nc3)cc2c2c1COC2. The number of aromatic nitrogens is 3. The number of morpholine rings is 1. The topological polar surface area (TPSA) is 113 Å². The van der Waals surface area contributed by atoms with Gasteiger partial charge in [0, 0.05) is 29.8 Å². The molecule has 2 aliphatic rings. The quantitative estimate of drug-likeness (QED) is 0.654. The first kappa shape index (κ1) is 20.5. The van der Waals surface area contributed by atoms with Gasteiger partial charge in [-0.05, 0) is 23.3 Å². The lowest BCUT2D eigenvalue weighted by molar-refractivity contribution is -0.0529. The van der Waals surface area contributed by atoms with Crippen LogP contribution >= 0.6 is 0 Å². The molecule has 1 atom stereocenters. The molecule has 3 aromatic rings. The van der Waals surface area contributed by atoms with Crippen molar-refractivity contribution in [2.75, 3.05) is 25.5 Å². The molecule has 0 bridgehead atoms. The van der Waals surface area contributed by atoms with E-state index < -0.39 is 12.7 Å². The lowest BCUT2D eigenvalue weighted by Crippen LogP contribution is -2.43. The third kappa shape index (κ3) is 3.69. The van der Waals surface area contributed by atoms with Crippen molar-refractivity contribution in [3.05, 3.63) is 53.0 Å². The molecule has 166 valence electrons. The largest absolute Gasteiger partial charge is 0.417 e. The highest BCUT2D eigenvalue weighted by Crippen LogP contribution is 2.32. The zero-order valence-corrected chi connectivity index (χ0v) is 16.8. The second kappa shape index (κ2) is 8.24. The van der Waals surface area contributed by atoms with E-state index in [1.807, 2.05) is 0 Å². The lowest BCUT2D eigenvalue weighted by atomic mass is 10.0. The van der Waals surface area contributed by atoms with E-state index in [-0.39, 0.29) is 24.1 Å². The van der Waals surface area contributed by atoms with Crippen LogP contribution in [0, 0.1) is 0 Å². The van der Waals surface area contributed by atoms with E-state index in [2.05, 4.69) is 19.7 Å². The Labute approximate surface area is 181 Å². The molecule has 5 rings (SSSR count). The number of amides is 1. The fourth-order valence-electron chi connectivity index (χ4n) is 4.01. The first-order chi connectivity index (χ1) is 15.5. The minimum Gasteiger partial charge on any atom is -0.417 e. The summed E-state index contributed by atoms with van der Waals surface area (Å²) in [4.78, 5) is 27.6. The maximum absolute atomic E-state index is 13.4. The van der Waals surface area contributed by atoms with Gasteiger partial charge in [0.05, 0.1) is 44.2 Å². The van der Waals surface area contributed by atoms with Gasteiger partial charge in [-0.2, -0.15) is 8.78 Å². The highest BCUT2D eigenvalue weighted by Gasteiger charge is 2.31.